The third-order valence-corrected chi connectivity index (χ3v) is 4.26. The van der Waals surface area contributed by atoms with Crippen LogP contribution in [0.3, 0.4) is 0 Å². The Kier molecular flexibility index (Phi) is 5.62. The molecule has 1 rings (SSSR count). The van der Waals surface area contributed by atoms with Crippen LogP contribution in [-0.2, 0) is 4.79 Å². The zero-order chi connectivity index (χ0) is 12.1. The number of amides is 1. The second-order valence-electron chi connectivity index (χ2n) is 5.04. The molecule has 4 heteroatoms. The normalized spacial score (nSPS) is 27.1. The molecular formula is C12H24N2OS. The fourth-order valence-corrected chi connectivity index (χ4v) is 3.28. The van der Waals surface area contributed by atoms with Gasteiger partial charge in [-0.2, -0.15) is 11.8 Å². The molecule has 0 saturated carbocycles. The summed E-state index contributed by atoms with van der Waals surface area (Å²) in [4.78, 5) is 11.7. The summed E-state index contributed by atoms with van der Waals surface area (Å²) in [5.74, 6) is 1.80. The largest absolute Gasteiger partial charge is 0.358 e. The number of thioether (sulfide) groups is 1. The summed E-state index contributed by atoms with van der Waals surface area (Å²) in [6, 6.07) is 0.474. The van der Waals surface area contributed by atoms with Gasteiger partial charge in [-0.25, -0.2) is 0 Å². The molecule has 1 amide bonds. The van der Waals surface area contributed by atoms with E-state index in [4.69, 9.17) is 0 Å². The minimum Gasteiger partial charge on any atom is -0.358 e. The zero-order valence-corrected chi connectivity index (χ0v) is 11.6. The van der Waals surface area contributed by atoms with Gasteiger partial charge in [0.05, 0.1) is 6.04 Å². The summed E-state index contributed by atoms with van der Waals surface area (Å²) in [5, 5.41) is 6.97. The maximum Gasteiger partial charge on any atom is 0.236 e. The molecule has 1 heterocycles. The maximum absolute atomic E-state index is 11.7. The smallest absolute Gasteiger partial charge is 0.236 e. The van der Waals surface area contributed by atoms with E-state index in [1.54, 1.807) is 7.05 Å². The van der Waals surface area contributed by atoms with Crippen LogP contribution in [-0.4, -0.2) is 36.0 Å². The molecule has 0 aromatic carbocycles. The van der Waals surface area contributed by atoms with Gasteiger partial charge >= 0.3 is 0 Å². The van der Waals surface area contributed by atoms with Crippen molar-refractivity contribution in [2.45, 2.75) is 50.9 Å². The third-order valence-electron chi connectivity index (χ3n) is 2.91. The van der Waals surface area contributed by atoms with E-state index in [9.17, 15) is 4.79 Å². The Labute approximate surface area is 103 Å². The molecule has 0 aromatic rings. The molecule has 3 unspecified atom stereocenters. The molecule has 94 valence electrons. The lowest BCUT2D eigenvalue weighted by atomic mass is 10.0. The van der Waals surface area contributed by atoms with Crippen LogP contribution >= 0.6 is 11.8 Å². The van der Waals surface area contributed by atoms with Crippen molar-refractivity contribution in [2.75, 3.05) is 12.8 Å². The SMILES string of the molecule is CNC(=O)C(CC(C)C)NC1CSC(C)C1. The van der Waals surface area contributed by atoms with Crippen LogP contribution in [0.4, 0.5) is 0 Å². The highest BCUT2D eigenvalue weighted by molar-refractivity contribution is 8.00. The first kappa shape index (κ1) is 13.8. The van der Waals surface area contributed by atoms with Crippen molar-refractivity contribution in [3.8, 4) is 0 Å². The Morgan fingerprint density at radius 2 is 2.19 bits per heavy atom. The summed E-state index contributed by atoms with van der Waals surface area (Å²) in [6.07, 6.45) is 2.09. The van der Waals surface area contributed by atoms with Gasteiger partial charge in [-0.05, 0) is 18.8 Å². The molecule has 1 aliphatic heterocycles. The standard InChI is InChI=1S/C12H24N2OS/c1-8(2)5-11(12(15)13-4)14-10-6-9(3)16-7-10/h8-11,14H,5-7H2,1-4H3,(H,13,15). The molecule has 1 aliphatic rings. The third kappa shape index (κ3) is 4.34. The van der Waals surface area contributed by atoms with E-state index in [1.165, 1.54) is 6.42 Å². The van der Waals surface area contributed by atoms with Gasteiger partial charge in [0.1, 0.15) is 0 Å². The van der Waals surface area contributed by atoms with Crippen LogP contribution in [0.2, 0.25) is 0 Å². The number of likely N-dealkylation sites (N-methyl/N-ethyl adjacent to an activating group) is 1. The fourth-order valence-electron chi connectivity index (χ4n) is 2.11. The minimum atomic E-state index is -0.0269. The van der Waals surface area contributed by atoms with Crippen LogP contribution in [0.25, 0.3) is 0 Å². The lowest BCUT2D eigenvalue weighted by molar-refractivity contribution is -0.123. The van der Waals surface area contributed by atoms with E-state index in [0.717, 1.165) is 17.4 Å². The predicted molar refractivity (Wildman–Crippen MR) is 70.8 cm³/mol. The van der Waals surface area contributed by atoms with Gasteiger partial charge in [-0.1, -0.05) is 20.8 Å². The number of nitrogens with one attached hydrogen (secondary N) is 2. The monoisotopic (exact) mass is 244 g/mol. The number of rotatable bonds is 5. The maximum atomic E-state index is 11.7. The van der Waals surface area contributed by atoms with Crippen molar-refractivity contribution in [1.29, 1.82) is 0 Å². The molecule has 3 atom stereocenters. The molecule has 0 aliphatic carbocycles. The summed E-state index contributed by atoms with van der Waals surface area (Å²) in [7, 11) is 1.71. The topological polar surface area (TPSA) is 41.1 Å². The second kappa shape index (κ2) is 6.50. The van der Waals surface area contributed by atoms with Gasteiger partial charge in [-0.15, -0.1) is 0 Å². The van der Waals surface area contributed by atoms with Gasteiger partial charge in [0.2, 0.25) is 5.91 Å². The van der Waals surface area contributed by atoms with Gasteiger partial charge in [-0.3, -0.25) is 4.79 Å². The molecule has 0 spiro atoms. The summed E-state index contributed by atoms with van der Waals surface area (Å²) in [5.41, 5.74) is 0. The van der Waals surface area contributed by atoms with E-state index in [1.807, 2.05) is 11.8 Å². The summed E-state index contributed by atoms with van der Waals surface area (Å²) >= 11 is 1.99. The van der Waals surface area contributed by atoms with Crippen molar-refractivity contribution in [2.24, 2.45) is 5.92 Å². The molecule has 2 N–H and O–H groups in total. The van der Waals surface area contributed by atoms with E-state index in [-0.39, 0.29) is 11.9 Å². The highest BCUT2D eigenvalue weighted by Gasteiger charge is 2.27. The fraction of sp³-hybridized carbons (Fsp3) is 0.917. The average molecular weight is 244 g/mol. The molecule has 1 fully saturated rings. The lowest BCUT2D eigenvalue weighted by Crippen LogP contribution is -2.48. The molecule has 0 aromatic heterocycles. The van der Waals surface area contributed by atoms with E-state index >= 15 is 0 Å². The van der Waals surface area contributed by atoms with Crippen molar-refractivity contribution in [3.05, 3.63) is 0 Å². The van der Waals surface area contributed by atoms with Crippen LogP contribution < -0.4 is 10.6 Å². The van der Waals surface area contributed by atoms with Crippen molar-refractivity contribution in [1.82, 2.24) is 10.6 Å². The zero-order valence-electron chi connectivity index (χ0n) is 10.7. The Morgan fingerprint density at radius 3 is 2.62 bits per heavy atom. The van der Waals surface area contributed by atoms with Crippen LogP contribution in [0.15, 0.2) is 0 Å². The quantitative estimate of drug-likeness (QED) is 0.772. The molecule has 16 heavy (non-hydrogen) atoms. The molecular weight excluding hydrogens is 220 g/mol. The van der Waals surface area contributed by atoms with Crippen molar-refractivity contribution in [3.63, 3.8) is 0 Å². The lowest BCUT2D eigenvalue weighted by Gasteiger charge is -2.22. The van der Waals surface area contributed by atoms with Crippen LogP contribution in [0.5, 0.6) is 0 Å². The Hall–Kier alpha value is -0.220. The van der Waals surface area contributed by atoms with E-state index < -0.39 is 0 Å². The Balaban J connectivity index is 2.46. The van der Waals surface area contributed by atoms with Crippen LogP contribution in [0.1, 0.15) is 33.6 Å². The predicted octanol–water partition coefficient (Wildman–Crippen LogP) is 1.63. The highest BCUT2D eigenvalue weighted by atomic mass is 32.2. The second-order valence-corrected chi connectivity index (χ2v) is 6.51. The van der Waals surface area contributed by atoms with Gasteiger partial charge in [0, 0.05) is 24.1 Å². The van der Waals surface area contributed by atoms with E-state index in [2.05, 4.69) is 31.4 Å². The number of carbonyl (C=O) groups is 1. The highest BCUT2D eigenvalue weighted by Crippen LogP contribution is 2.26. The first-order valence-electron chi connectivity index (χ1n) is 6.12. The molecule has 0 bridgehead atoms. The first-order chi connectivity index (χ1) is 7.52. The van der Waals surface area contributed by atoms with Gasteiger partial charge < -0.3 is 10.6 Å². The molecule has 1 saturated heterocycles. The number of hydrogen-bond donors (Lipinski definition) is 2. The first-order valence-corrected chi connectivity index (χ1v) is 7.17. The van der Waals surface area contributed by atoms with Crippen LogP contribution in [0, 0.1) is 5.92 Å². The number of hydrogen-bond acceptors (Lipinski definition) is 3. The van der Waals surface area contributed by atoms with Gasteiger partial charge in [0.15, 0.2) is 0 Å². The summed E-state index contributed by atoms with van der Waals surface area (Å²) < 4.78 is 0. The molecule has 0 radical (unpaired) electrons. The Morgan fingerprint density at radius 1 is 1.50 bits per heavy atom. The number of carbonyl (C=O) groups excluding carboxylic acids is 1. The Bertz CT molecular complexity index is 233. The molecule has 3 nitrogen and oxygen atoms in total. The van der Waals surface area contributed by atoms with E-state index in [0.29, 0.717) is 12.0 Å². The van der Waals surface area contributed by atoms with Gasteiger partial charge in [0.25, 0.3) is 0 Å². The minimum absolute atomic E-state index is 0.0269. The van der Waals surface area contributed by atoms with Crippen molar-refractivity contribution < 1.29 is 4.79 Å². The average Bonchev–Trinajstić information content (AvgIpc) is 2.61. The summed E-state index contributed by atoms with van der Waals surface area (Å²) in [6.45, 7) is 6.57. The van der Waals surface area contributed by atoms with Crippen molar-refractivity contribution >= 4 is 17.7 Å².